The van der Waals surface area contributed by atoms with Crippen molar-refractivity contribution in [3.05, 3.63) is 113 Å². The Hall–Kier alpha value is -3.77. The minimum absolute atomic E-state index is 0.0492. The summed E-state index contributed by atoms with van der Waals surface area (Å²) in [6.07, 6.45) is 4.50. The highest BCUT2D eigenvalue weighted by Crippen LogP contribution is 2.32. The number of carbonyl (C=O) groups is 1. The van der Waals surface area contributed by atoms with Crippen LogP contribution in [0.1, 0.15) is 32.6 Å². The number of aryl methyl sites for hydroxylation is 2. The van der Waals surface area contributed by atoms with Gasteiger partial charge in [0.15, 0.2) is 5.13 Å². The number of benzene rings is 3. The van der Waals surface area contributed by atoms with Crippen molar-refractivity contribution in [2.24, 2.45) is 0 Å². The van der Waals surface area contributed by atoms with E-state index in [2.05, 4.69) is 43.2 Å². The molecule has 5 nitrogen and oxygen atoms in total. The summed E-state index contributed by atoms with van der Waals surface area (Å²) in [4.78, 5) is 20.3. The largest absolute Gasteiger partial charge is 0.282 e. The number of nitrogens with zero attached hydrogens (tertiary/aromatic N) is 4. The van der Waals surface area contributed by atoms with Crippen molar-refractivity contribution in [1.82, 2.24) is 14.8 Å². The Morgan fingerprint density at radius 1 is 0.971 bits per heavy atom. The fourth-order valence-electron chi connectivity index (χ4n) is 4.15. The molecule has 0 fully saturated rings. The Morgan fingerprint density at radius 2 is 1.74 bits per heavy atom. The van der Waals surface area contributed by atoms with Gasteiger partial charge in [0.1, 0.15) is 0 Å². The molecule has 0 aliphatic carbocycles. The Kier molecular flexibility index (Phi) is 6.23. The maximum absolute atomic E-state index is 13.7. The Morgan fingerprint density at radius 3 is 2.47 bits per heavy atom. The topological polar surface area (TPSA) is 51.0 Å². The van der Waals surface area contributed by atoms with E-state index in [0.717, 1.165) is 22.2 Å². The molecule has 0 bridgehead atoms. The molecule has 5 rings (SSSR count). The highest BCUT2D eigenvalue weighted by atomic mass is 32.1. The summed E-state index contributed by atoms with van der Waals surface area (Å²) in [5.41, 5.74) is 6.37. The normalized spacial score (nSPS) is 11.1. The maximum Gasteiger partial charge on any atom is 0.260 e. The molecule has 0 aliphatic rings. The lowest BCUT2D eigenvalue weighted by Gasteiger charge is -2.20. The maximum atomic E-state index is 13.7. The Balaban J connectivity index is 1.43. The molecule has 5 aromatic rings. The monoisotopic (exact) mass is 466 g/mol. The standard InChI is InChI=1S/C28H26N4OS/c1-20-17-21(2)26-25(18-20)34-28(30-26)32(16-15-31-14-6-13-29-31)27(33)24-11-9-23(10-12-24)19-22-7-4-3-5-8-22/h3-14,17-18H,15-16,19H2,1-2H3. The second-order valence-electron chi connectivity index (χ2n) is 8.51. The summed E-state index contributed by atoms with van der Waals surface area (Å²) in [5, 5.41) is 5.01. The second-order valence-corrected chi connectivity index (χ2v) is 9.52. The number of aromatic nitrogens is 3. The molecule has 6 heteroatoms. The first-order valence-corrected chi connectivity index (χ1v) is 12.2. The van der Waals surface area contributed by atoms with Gasteiger partial charge in [-0.15, -0.1) is 0 Å². The van der Waals surface area contributed by atoms with Gasteiger partial charge in [-0.2, -0.15) is 5.10 Å². The minimum Gasteiger partial charge on any atom is -0.282 e. The fraction of sp³-hybridized carbons (Fsp3) is 0.179. The highest BCUT2D eigenvalue weighted by molar-refractivity contribution is 7.22. The van der Waals surface area contributed by atoms with Crippen LogP contribution >= 0.6 is 11.3 Å². The van der Waals surface area contributed by atoms with Crippen molar-refractivity contribution in [2.45, 2.75) is 26.8 Å². The molecule has 0 radical (unpaired) electrons. The van der Waals surface area contributed by atoms with E-state index in [1.165, 1.54) is 16.7 Å². The van der Waals surface area contributed by atoms with Gasteiger partial charge in [-0.05, 0) is 66.8 Å². The molecule has 3 aromatic carbocycles. The van der Waals surface area contributed by atoms with E-state index in [0.29, 0.717) is 23.8 Å². The van der Waals surface area contributed by atoms with Crippen molar-refractivity contribution in [3.63, 3.8) is 0 Å². The van der Waals surface area contributed by atoms with Crippen molar-refractivity contribution in [1.29, 1.82) is 0 Å². The first-order valence-electron chi connectivity index (χ1n) is 11.4. The van der Waals surface area contributed by atoms with E-state index in [1.54, 1.807) is 22.4 Å². The molecular formula is C28H26N4OS. The van der Waals surface area contributed by atoms with Crippen molar-refractivity contribution in [3.8, 4) is 0 Å². The van der Waals surface area contributed by atoms with Crippen LogP contribution in [0.3, 0.4) is 0 Å². The molecule has 0 unspecified atom stereocenters. The van der Waals surface area contributed by atoms with Gasteiger partial charge < -0.3 is 0 Å². The molecule has 0 atom stereocenters. The average molecular weight is 467 g/mol. The summed E-state index contributed by atoms with van der Waals surface area (Å²) < 4.78 is 2.94. The van der Waals surface area contributed by atoms with Crippen molar-refractivity contribution in [2.75, 3.05) is 11.4 Å². The van der Waals surface area contributed by atoms with Crippen LogP contribution < -0.4 is 4.90 Å². The summed E-state index contributed by atoms with van der Waals surface area (Å²) in [5.74, 6) is -0.0492. The molecule has 0 saturated heterocycles. The molecular weight excluding hydrogens is 440 g/mol. The van der Waals surface area contributed by atoms with Crippen LogP contribution in [0.15, 0.2) is 85.2 Å². The van der Waals surface area contributed by atoms with Gasteiger partial charge in [0, 0.05) is 24.5 Å². The molecule has 1 amide bonds. The molecule has 0 N–H and O–H groups in total. The SMILES string of the molecule is Cc1cc(C)c2nc(N(CCn3cccn3)C(=O)c3ccc(Cc4ccccc4)cc3)sc2c1. The molecule has 0 aliphatic heterocycles. The number of fused-ring (bicyclic) bond motifs is 1. The highest BCUT2D eigenvalue weighted by Gasteiger charge is 2.22. The summed E-state index contributed by atoms with van der Waals surface area (Å²) in [6, 6.07) is 24.4. The first kappa shape index (κ1) is 22.0. The summed E-state index contributed by atoms with van der Waals surface area (Å²) in [6.45, 7) is 5.24. The van der Waals surface area contributed by atoms with E-state index >= 15 is 0 Å². The van der Waals surface area contributed by atoms with E-state index in [-0.39, 0.29) is 5.91 Å². The lowest BCUT2D eigenvalue weighted by atomic mass is 10.0. The number of carbonyl (C=O) groups excluding carboxylic acids is 1. The van der Waals surface area contributed by atoms with Gasteiger partial charge in [-0.1, -0.05) is 59.9 Å². The third kappa shape index (κ3) is 4.77. The molecule has 2 aromatic heterocycles. The van der Waals surface area contributed by atoms with Crippen molar-refractivity contribution >= 4 is 32.6 Å². The minimum atomic E-state index is -0.0492. The number of amides is 1. The van der Waals surface area contributed by atoms with Gasteiger partial charge in [-0.3, -0.25) is 14.4 Å². The van der Waals surface area contributed by atoms with Crippen LogP contribution in [0, 0.1) is 13.8 Å². The van der Waals surface area contributed by atoms with Crippen LogP contribution in [0.5, 0.6) is 0 Å². The zero-order chi connectivity index (χ0) is 23.5. The predicted molar refractivity (Wildman–Crippen MR) is 139 cm³/mol. The van der Waals surface area contributed by atoms with Crippen LogP contribution in [-0.4, -0.2) is 27.2 Å². The number of rotatable bonds is 7. The van der Waals surface area contributed by atoms with Gasteiger partial charge in [0.05, 0.1) is 16.8 Å². The van der Waals surface area contributed by atoms with Gasteiger partial charge in [0.25, 0.3) is 5.91 Å². The average Bonchev–Trinajstić information content (AvgIpc) is 3.51. The molecule has 170 valence electrons. The predicted octanol–water partition coefficient (Wildman–Crippen LogP) is 6.05. The zero-order valence-electron chi connectivity index (χ0n) is 19.3. The number of thiazole rings is 1. The van der Waals surface area contributed by atoms with Crippen LogP contribution in [0.25, 0.3) is 10.2 Å². The number of anilines is 1. The second kappa shape index (κ2) is 9.61. The quantitative estimate of drug-likeness (QED) is 0.293. The zero-order valence-corrected chi connectivity index (χ0v) is 20.1. The molecule has 34 heavy (non-hydrogen) atoms. The van der Waals surface area contributed by atoms with Crippen LogP contribution in [-0.2, 0) is 13.0 Å². The molecule has 2 heterocycles. The van der Waals surface area contributed by atoms with Crippen LogP contribution in [0.4, 0.5) is 5.13 Å². The van der Waals surface area contributed by atoms with Gasteiger partial charge >= 0.3 is 0 Å². The third-order valence-electron chi connectivity index (χ3n) is 5.86. The molecule has 0 spiro atoms. The van der Waals surface area contributed by atoms with Crippen LogP contribution in [0.2, 0.25) is 0 Å². The summed E-state index contributed by atoms with van der Waals surface area (Å²) >= 11 is 1.56. The Bertz CT molecular complexity index is 1410. The smallest absolute Gasteiger partial charge is 0.260 e. The Labute approximate surface area is 203 Å². The van der Waals surface area contributed by atoms with Gasteiger partial charge in [0.2, 0.25) is 0 Å². The first-order chi connectivity index (χ1) is 16.6. The summed E-state index contributed by atoms with van der Waals surface area (Å²) in [7, 11) is 0. The lowest BCUT2D eigenvalue weighted by molar-refractivity contribution is 0.0986. The van der Waals surface area contributed by atoms with Crippen molar-refractivity contribution < 1.29 is 4.79 Å². The number of hydrogen-bond acceptors (Lipinski definition) is 4. The van der Waals surface area contributed by atoms with E-state index in [1.807, 2.05) is 59.4 Å². The fourth-order valence-corrected chi connectivity index (χ4v) is 5.31. The lowest BCUT2D eigenvalue weighted by Crippen LogP contribution is -2.34. The third-order valence-corrected chi connectivity index (χ3v) is 6.88. The number of hydrogen-bond donors (Lipinski definition) is 0. The van der Waals surface area contributed by atoms with E-state index in [9.17, 15) is 4.79 Å². The molecule has 0 saturated carbocycles. The van der Waals surface area contributed by atoms with E-state index < -0.39 is 0 Å². The van der Waals surface area contributed by atoms with E-state index in [4.69, 9.17) is 4.98 Å². The van der Waals surface area contributed by atoms with Gasteiger partial charge in [-0.25, -0.2) is 4.98 Å².